The molecule has 0 bridgehead atoms. The van der Waals surface area contributed by atoms with Crippen LogP contribution in [0, 0.1) is 0 Å². The number of nitrogens with one attached hydrogen (secondary N) is 1. The summed E-state index contributed by atoms with van der Waals surface area (Å²) in [4.78, 5) is 0. The standard InChI is InChI=1S/C17H27NO3/c1-4-7-18-15-10-14(11-15)13-5-6-16(17(12-13)20-3)21-9-8-19-2/h5-6,12,14-15,18H,4,7-11H2,1-3H3. The summed E-state index contributed by atoms with van der Waals surface area (Å²) in [6.45, 7) is 4.44. The smallest absolute Gasteiger partial charge is 0.161 e. The third-order valence-electron chi connectivity index (χ3n) is 4.03. The molecule has 0 atom stereocenters. The lowest BCUT2D eigenvalue weighted by atomic mass is 9.76. The molecule has 4 heteroatoms. The Bertz CT molecular complexity index is 430. The average Bonchev–Trinajstić information content (AvgIpc) is 2.47. The maximum absolute atomic E-state index is 5.67. The largest absolute Gasteiger partial charge is 0.493 e. The van der Waals surface area contributed by atoms with E-state index in [1.165, 1.54) is 24.8 Å². The summed E-state index contributed by atoms with van der Waals surface area (Å²) >= 11 is 0. The van der Waals surface area contributed by atoms with E-state index in [-0.39, 0.29) is 0 Å². The Hall–Kier alpha value is -1.26. The molecule has 1 aliphatic rings. The number of hydrogen-bond acceptors (Lipinski definition) is 4. The van der Waals surface area contributed by atoms with Gasteiger partial charge in [-0.3, -0.25) is 0 Å². The second-order valence-electron chi connectivity index (χ2n) is 5.57. The molecule has 0 heterocycles. The Kier molecular flexibility index (Phi) is 6.33. The van der Waals surface area contributed by atoms with Crippen molar-refractivity contribution >= 4 is 0 Å². The van der Waals surface area contributed by atoms with Crippen molar-refractivity contribution in [3.8, 4) is 11.5 Å². The predicted molar refractivity (Wildman–Crippen MR) is 84.4 cm³/mol. The first-order chi connectivity index (χ1) is 10.3. The molecule has 1 N–H and O–H groups in total. The Morgan fingerprint density at radius 3 is 2.62 bits per heavy atom. The molecule has 1 aromatic rings. The Morgan fingerprint density at radius 2 is 1.95 bits per heavy atom. The normalized spacial score (nSPS) is 20.9. The first-order valence-corrected chi connectivity index (χ1v) is 7.81. The fraction of sp³-hybridized carbons (Fsp3) is 0.647. The summed E-state index contributed by atoms with van der Waals surface area (Å²) in [5, 5.41) is 3.57. The van der Waals surface area contributed by atoms with E-state index in [0.717, 1.165) is 18.0 Å². The maximum atomic E-state index is 5.67. The summed E-state index contributed by atoms with van der Waals surface area (Å²) < 4.78 is 16.1. The van der Waals surface area contributed by atoms with Gasteiger partial charge in [0, 0.05) is 13.2 Å². The van der Waals surface area contributed by atoms with Crippen LogP contribution >= 0.6 is 0 Å². The molecule has 21 heavy (non-hydrogen) atoms. The maximum Gasteiger partial charge on any atom is 0.161 e. The molecule has 118 valence electrons. The van der Waals surface area contributed by atoms with E-state index in [0.29, 0.717) is 25.2 Å². The van der Waals surface area contributed by atoms with E-state index in [1.54, 1.807) is 14.2 Å². The number of hydrogen-bond donors (Lipinski definition) is 1. The van der Waals surface area contributed by atoms with Crippen LogP contribution in [0.4, 0.5) is 0 Å². The zero-order valence-electron chi connectivity index (χ0n) is 13.4. The molecule has 1 saturated carbocycles. The minimum absolute atomic E-state index is 0.540. The third kappa shape index (κ3) is 4.35. The molecule has 0 aromatic heterocycles. The van der Waals surface area contributed by atoms with Crippen LogP contribution in [0.3, 0.4) is 0 Å². The minimum Gasteiger partial charge on any atom is -0.493 e. The quantitative estimate of drug-likeness (QED) is 0.711. The van der Waals surface area contributed by atoms with Gasteiger partial charge >= 0.3 is 0 Å². The lowest BCUT2D eigenvalue weighted by molar-refractivity contribution is 0.144. The van der Waals surface area contributed by atoms with E-state index < -0.39 is 0 Å². The molecule has 1 aliphatic carbocycles. The molecule has 0 aliphatic heterocycles. The van der Waals surface area contributed by atoms with Gasteiger partial charge in [-0.05, 0) is 49.4 Å². The fourth-order valence-electron chi connectivity index (χ4n) is 2.70. The molecule has 1 fully saturated rings. The van der Waals surface area contributed by atoms with Crippen molar-refractivity contribution in [3.05, 3.63) is 23.8 Å². The van der Waals surface area contributed by atoms with Gasteiger partial charge in [0.2, 0.25) is 0 Å². The molecule has 0 amide bonds. The van der Waals surface area contributed by atoms with Crippen molar-refractivity contribution in [2.45, 2.75) is 38.1 Å². The fourth-order valence-corrected chi connectivity index (χ4v) is 2.70. The number of ether oxygens (including phenoxy) is 3. The van der Waals surface area contributed by atoms with Crippen molar-refractivity contribution in [3.63, 3.8) is 0 Å². The average molecular weight is 293 g/mol. The van der Waals surface area contributed by atoms with E-state index in [2.05, 4.69) is 24.4 Å². The van der Waals surface area contributed by atoms with Gasteiger partial charge < -0.3 is 19.5 Å². The van der Waals surface area contributed by atoms with Crippen LogP contribution in [0.2, 0.25) is 0 Å². The Balaban J connectivity index is 1.90. The molecule has 0 radical (unpaired) electrons. The lowest BCUT2D eigenvalue weighted by Gasteiger charge is -2.36. The van der Waals surface area contributed by atoms with Crippen LogP contribution in [0.15, 0.2) is 18.2 Å². The molecule has 0 spiro atoms. The molecule has 0 saturated heterocycles. The topological polar surface area (TPSA) is 39.7 Å². The predicted octanol–water partition coefficient (Wildman–Crippen LogP) is 2.97. The van der Waals surface area contributed by atoms with Gasteiger partial charge in [-0.2, -0.15) is 0 Å². The van der Waals surface area contributed by atoms with Crippen molar-refractivity contribution in [2.75, 3.05) is 34.0 Å². The Labute approximate surface area is 127 Å². The van der Waals surface area contributed by atoms with Crippen LogP contribution in [0.5, 0.6) is 11.5 Å². The van der Waals surface area contributed by atoms with Gasteiger partial charge in [0.15, 0.2) is 11.5 Å². The zero-order chi connectivity index (χ0) is 15.1. The van der Waals surface area contributed by atoms with Crippen molar-refractivity contribution in [1.82, 2.24) is 5.32 Å². The summed E-state index contributed by atoms with van der Waals surface area (Å²) in [5.41, 5.74) is 1.35. The molecule has 0 unspecified atom stereocenters. The first kappa shape index (κ1) is 16.1. The van der Waals surface area contributed by atoms with Gasteiger partial charge in [-0.1, -0.05) is 13.0 Å². The highest BCUT2D eigenvalue weighted by atomic mass is 16.5. The SMILES string of the molecule is CCCNC1CC(c2ccc(OCCOC)c(OC)c2)C1. The molecule has 1 aromatic carbocycles. The third-order valence-corrected chi connectivity index (χ3v) is 4.03. The van der Waals surface area contributed by atoms with Crippen LogP contribution in [-0.4, -0.2) is 40.0 Å². The lowest BCUT2D eigenvalue weighted by Crippen LogP contribution is -2.40. The van der Waals surface area contributed by atoms with Crippen molar-refractivity contribution in [2.24, 2.45) is 0 Å². The number of rotatable bonds is 9. The van der Waals surface area contributed by atoms with Gasteiger partial charge in [0.05, 0.1) is 13.7 Å². The highest BCUT2D eigenvalue weighted by Crippen LogP contribution is 2.40. The monoisotopic (exact) mass is 293 g/mol. The second-order valence-corrected chi connectivity index (χ2v) is 5.57. The zero-order valence-corrected chi connectivity index (χ0v) is 13.4. The van der Waals surface area contributed by atoms with Gasteiger partial charge in [0.1, 0.15) is 6.61 Å². The first-order valence-electron chi connectivity index (χ1n) is 7.81. The Morgan fingerprint density at radius 1 is 1.14 bits per heavy atom. The summed E-state index contributed by atoms with van der Waals surface area (Å²) in [7, 11) is 3.36. The van der Waals surface area contributed by atoms with E-state index >= 15 is 0 Å². The van der Waals surface area contributed by atoms with Gasteiger partial charge in [-0.25, -0.2) is 0 Å². The van der Waals surface area contributed by atoms with Gasteiger partial charge in [0.25, 0.3) is 0 Å². The van der Waals surface area contributed by atoms with Crippen LogP contribution in [-0.2, 0) is 4.74 Å². The minimum atomic E-state index is 0.540. The molecular formula is C17H27NO3. The van der Waals surface area contributed by atoms with Crippen molar-refractivity contribution in [1.29, 1.82) is 0 Å². The van der Waals surface area contributed by atoms with Crippen LogP contribution in [0.25, 0.3) is 0 Å². The van der Waals surface area contributed by atoms with E-state index in [9.17, 15) is 0 Å². The molecular weight excluding hydrogens is 266 g/mol. The molecule has 4 nitrogen and oxygen atoms in total. The van der Waals surface area contributed by atoms with Gasteiger partial charge in [-0.15, -0.1) is 0 Å². The highest BCUT2D eigenvalue weighted by molar-refractivity contribution is 5.44. The van der Waals surface area contributed by atoms with E-state index in [1.807, 2.05) is 6.07 Å². The highest BCUT2D eigenvalue weighted by Gasteiger charge is 2.30. The summed E-state index contributed by atoms with van der Waals surface area (Å²) in [6, 6.07) is 6.96. The van der Waals surface area contributed by atoms with E-state index in [4.69, 9.17) is 14.2 Å². The summed E-state index contributed by atoms with van der Waals surface area (Å²) in [6.07, 6.45) is 3.63. The molecule has 2 rings (SSSR count). The van der Waals surface area contributed by atoms with Crippen molar-refractivity contribution < 1.29 is 14.2 Å². The number of benzene rings is 1. The number of methoxy groups -OCH3 is 2. The van der Waals surface area contributed by atoms with Crippen LogP contribution < -0.4 is 14.8 Å². The summed E-state index contributed by atoms with van der Waals surface area (Å²) in [5.74, 6) is 2.24. The second kappa shape index (κ2) is 8.25. The van der Waals surface area contributed by atoms with Crippen LogP contribution in [0.1, 0.15) is 37.7 Å².